The van der Waals surface area contributed by atoms with Gasteiger partial charge in [0.25, 0.3) is 0 Å². The van der Waals surface area contributed by atoms with Crippen LogP contribution in [0.25, 0.3) is 5.65 Å². The number of aryl methyl sites for hydroxylation is 1. The van der Waals surface area contributed by atoms with Crippen LogP contribution in [0, 0.1) is 5.92 Å². The summed E-state index contributed by atoms with van der Waals surface area (Å²) in [5, 5.41) is 17.6. The Morgan fingerprint density at radius 3 is 2.74 bits per heavy atom. The lowest BCUT2D eigenvalue weighted by Gasteiger charge is -2.33. The third-order valence-corrected chi connectivity index (χ3v) is 7.01. The molecule has 1 saturated heterocycles. The average Bonchev–Trinajstić information content (AvgIpc) is 3.22. The maximum atomic E-state index is 12.3. The highest BCUT2D eigenvalue weighted by atomic mass is 32.2. The zero-order valence-electron chi connectivity index (χ0n) is 18.3. The second-order valence-corrected chi connectivity index (χ2v) is 9.81. The van der Waals surface area contributed by atoms with Gasteiger partial charge in [0.05, 0.1) is 11.1 Å². The summed E-state index contributed by atoms with van der Waals surface area (Å²) in [6.07, 6.45) is 4.82. The molecule has 0 bridgehead atoms. The average molecular weight is 443 g/mol. The quantitative estimate of drug-likeness (QED) is 0.585. The minimum absolute atomic E-state index is 0.206. The van der Waals surface area contributed by atoms with E-state index in [9.17, 15) is 9.32 Å². The summed E-state index contributed by atoms with van der Waals surface area (Å²) in [4.78, 5) is 7.93. The summed E-state index contributed by atoms with van der Waals surface area (Å²) < 4.78 is 15.8. The summed E-state index contributed by atoms with van der Waals surface area (Å²) >= 11 is 0. The fourth-order valence-corrected chi connectivity index (χ4v) is 4.72. The normalized spacial score (nSPS) is 18.0. The van der Waals surface area contributed by atoms with E-state index >= 15 is 0 Å². The van der Waals surface area contributed by atoms with Gasteiger partial charge in [0.2, 0.25) is 0 Å². The largest absolute Gasteiger partial charge is 0.396 e. The van der Waals surface area contributed by atoms with Gasteiger partial charge in [0, 0.05) is 37.0 Å². The molecule has 4 rings (SSSR count). The van der Waals surface area contributed by atoms with Crippen LogP contribution in [0.1, 0.15) is 25.3 Å². The molecule has 31 heavy (non-hydrogen) atoms. The van der Waals surface area contributed by atoms with Gasteiger partial charge >= 0.3 is 0 Å². The summed E-state index contributed by atoms with van der Waals surface area (Å²) in [5.74, 6) is 2.00. The van der Waals surface area contributed by atoms with E-state index in [1.807, 2.05) is 41.0 Å². The molecule has 1 aliphatic heterocycles. The molecular weight excluding hydrogens is 412 g/mol. The van der Waals surface area contributed by atoms with Crippen molar-refractivity contribution in [2.24, 2.45) is 5.92 Å². The van der Waals surface area contributed by atoms with E-state index < -0.39 is 11.0 Å². The number of aliphatic hydroxyl groups excluding tert-OH is 1. The lowest BCUT2D eigenvalue weighted by Crippen LogP contribution is -2.37. The number of nitrogens with zero attached hydrogens (tertiary/aromatic N) is 5. The molecule has 0 spiro atoms. The molecule has 3 heterocycles. The molecule has 1 fully saturated rings. The fourth-order valence-electron chi connectivity index (χ4n) is 3.93. The highest BCUT2D eigenvalue weighted by molar-refractivity contribution is 7.82. The van der Waals surface area contributed by atoms with Crippen LogP contribution in [-0.2, 0) is 17.4 Å². The zero-order chi connectivity index (χ0) is 22.0. The lowest BCUT2D eigenvalue weighted by molar-refractivity contribution is 0.208. The summed E-state index contributed by atoms with van der Waals surface area (Å²) in [6, 6.07) is 9.61. The molecule has 3 aromatic rings. The van der Waals surface area contributed by atoms with Gasteiger partial charge in [-0.25, -0.2) is 13.5 Å². The number of hydrogen-bond donors (Lipinski definition) is 2. The number of aliphatic hydroxyl groups is 1. The van der Waals surface area contributed by atoms with Gasteiger partial charge in [-0.3, -0.25) is 0 Å². The van der Waals surface area contributed by atoms with Gasteiger partial charge < -0.3 is 15.3 Å². The Bertz CT molecular complexity index is 1070. The summed E-state index contributed by atoms with van der Waals surface area (Å²) in [6.45, 7) is 4.04. The molecule has 0 aliphatic carbocycles. The van der Waals surface area contributed by atoms with Gasteiger partial charge in [0.15, 0.2) is 5.65 Å². The van der Waals surface area contributed by atoms with Crippen molar-refractivity contribution in [2.45, 2.75) is 31.1 Å². The van der Waals surface area contributed by atoms with Crippen LogP contribution in [0.3, 0.4) is 0 Å². The Morgan fingerprint density at radius 2 is 2.06 bits per heavy atom. The molecule has 2 N–H and O–H groups in total. The number of aromatic nitrogens is 3. The number of fused-ring (bicyclic) bond motifs is 1. The van der Waals surface area contributed by atoms with Gasteiger partial charge in [-0.2, -0.15) is 9.61 Å². The van der Waals surface area contributed by atoms with Crippen molar-refractivity contribution >= 4 is 34.0 Å². The van der Waals surface area contributed by atoms with Crippen molar-refractivity contribution in [3.05, 3.63) is 42.1 Å². The van der Waals surface area contributed by atoms with Crippen molar-refractivity contribution in [1.29, 1.82) is 0 Å². The highest BCUT2D eigenvalue weighted by Crippen LogP contribution is 2.28. The molecule has 9 heteroatoms. The highest BCUT2D eigenvalue weighted by Gasteiger charge is 2.22. The topological polar surface area (TPSA) is 86.0 Å². The Labute approximate surface area is 185 Å². The molecule has 2 aromatic heterocycles. The standard InChI is InChI=1S/C22H30N6O2S/c1-4-17-13-23-28-21(24-18-7-9-19(10-8-18)31(30)26(2)3)12-20(25-22(17)28)27-11-5-6-16(14-27)15-29/h7-10,12-13,16,24,29H,4-6,11,14-15H2,1-3H3. The predicted octanol–water partition coefficient (Wildman–Crippen LogP) is 2.83. The van der Waals surface area contributed by atoms with Crippen molar-refractivity contribution in [3.63, 3.8) is 0 Å². The zero-order valence-corrected chi connectivity index (χ0v) is 19.1. The van der Waals surface area contributed by atoms with Crippen LogP contribution in [-0.4, -0.2) is 62.0 Å². The lowest BCUT2D eigenvalue weighted by atomic mass is 9.99. The number of anilines is 3. The van der Waals surface area contributed by atoms with Gasteiger partial charge in [0.1, 0.15) is 22.6 Å². The molecule has 1 aliphatic rings. The first-order valence-corrected chi connectivity index (χ1v) is 11.8. The molecule has 0 radical (unpaired) electrons. The van der Waals surface area contributed by atoms with E-state index in [2.05, 4.69) is 22.2 Å². The number of hydrogen-bond acceptors (Lipinski definition) is 6. The van der Waals surface area contributed by atoms with E-state index in [4.69, 9.17) is 4.98 Å². The van der Waals surface area contributed by atoms with E-state index in [0.29, 0.717) is 0 Å². The Hall–Kier alpha value is -2.49. The van der Waals surface area contributed by atoms with Crippen LogP contribution in [0.15, 0.2) is 41.4 Å². The number of piperidine rings is 1. The first kappa shape index (κ1) is 21.7. The Kier molecular flexibility index (Phi) is 6.54. The number of benzene rings is 1. The first-order valence-electron chi connectivity index (χ1n) is 10.7. The van der Waals surface area contributed by atoms with E-state index in [-0.39, 0.29) is 12.5 Å². The third kappa shape index (κ3) is 4.58. The van der Waals surface area contributed by atoms with E-state index in [0.717, 1.165) is 65.8 Å². The fraction of sp³-hybridized carbons (Fsp3) is 0.455. The molecule has 0 saturated carbocycles. The van der Waals surface area contributed by atoms with E-state index in [1.165, 1.54) is 0 Å². The predicted molar refractivity (Wildman–Crippen MR) is 124 cm³/mol. The SMILES string of the molecule is CCc1cnn2c(Nc3ccc(S(=O)N(C)C)cc3)cc(N3CCCC(CO)C3)nc12. The molecule has 2 atom stereocenters. The van der Waals surface area contributed by atoms with Gasteiger partial charge in [-0.1, -0.05) is 6.92 Å². The van der Waals surface area contributed by atoms with Crippen LogP contribution >= 0.6 is 0 Å². The maximum absolute atomic E-state index is 12.3. The number of nitrogens with one attached hydrogen (secondary N) is 1. The maximum Gasteiger partial charge on any atom is 0.162 e. The third-order valence-electron chi connectivity index (χ3n) is 5.67. The van der Waals surface area contributed by atoms with Crippen LogP contribution in [0.2, 0.25) is 0 Å². The molecule has 1 aromatic carbocycles. The first-order chi connectivity index (χ1) is 15.0. The Morgan fingerprint density at radius 1 is 1.29 bits per heavy atom. The minimum atomic E-state index is -1.17. The smallest absolute Gasteiger partial charge is 0.162 e. The molecule has 0 amide bonds. The molecule has 166 valence electrons. The number of rotatable bonds is 7. The van der Waals surface area contributed by atoms with Crippen molar-refractivity contribution in [2.75, 3.05) is 44.0 Å². The van der Waals surface area contributed by atoms with Crippen molar-refractivity contribution < 1.29 is 9.32 Å². The Balaban J connectivity index is 1.68. The summed E-state index contributed by atoms with van der Waals surface area (Å²) in [7, 11) is 2.42. The second kappa shape index (κ2) is 9.33. The van der Waals surface area contributed by atoms with Crippen molar-refractivity contribution in [1.82, 2.24) is 18.9 Å². The molecule has 2 unspecified atom stereocenters. The minimum Gasteiger partial charge on any atom is -0.396 e. The second-order valence-electron chi connectivity index (χ2n) is 8.11. The van der Waals surface area contributed by atoms with E-state index in [1.54, 1.807) is 18.4 Å². The van der Waals surface area contributed by atoms with Crippen LogP contribution in [0.4, 0.5) is 17.3 Å². The van der Waals surface area contributed by atoms with Crippen LogP contribution in [0.5, 0.6) is 0 Å². The van der Waals surface area contributed by atoms with Gasteiger partial charge in [-0.15, -0.1) is 0 Å². The van der Waals surface area contributed by atoms with Gasteiger partial charge in [-0.05, 0) is 63.5 Å². The van der Waals surface area contributed by atoms with Crippen LogP contribution < -0.4 is 10.2 Å². The monoisotopic (exact) mass is 442 g/mol. The molecule has 8 nitrogen and oxygen atoms in total. The van der Waals surface area contributed by atoms with Crippen molar-refractivity contribution in [3.8, 4) is 0 Å². The molecular formula is C22H30N6O2S. The summed E-state index contributed by atoms with van der Waals surface area (Å²) in [5.41, 5.74) is 2.83.